The Bertz CT molecular complexity index is 1730. The number of carbonyl (C=O) groups excluding carboxylic acids is 1. The zero-order valence-electron chi connectivity index (χ0n) is 23.2. The molecular weight excluding hydrogens is 642 g/mol. The van der Waals surface area contributed by atoms with Crippen LogP contribution in [0.5, 0.6) is 5.75 Å². The molecule has 0 aliphatic carbocycles. The third-order valence-electron chi connectivity index (χ3n) is 7.34. The third-order valence-corrected chi connectivity index (χ3v) is 8.16. The van der Waals surface area contributed by atoms with Crippen LogP contribution in [-0.2, 0) is 4.79 Å². The smallest absolute Gasteiger partial charge is 0.355 e. The van der Waals surface area contributed by atoms with E-state index in [0.717, 1.165) is 5.56 Å². The minimum Gasteiger partial charge on any atom is -0.507 e. The fourth-order valence-electron chi connectivity index (χ4n) is 5.33. The molecule has 0 unspecified atom stereocenters. The lowest BCUT2D eigenvalue weighted by atomic mass is 10.0. The van der Waals surface area contributed by atoms with Crippen molar-refractivity contribution < 1.29 is 14.3 Å². The molecule has 0 spiro atoms. The number of pyridine rings is 2. The number of halogens is 2. The molecule has 1 atom stereocenters. The number of phenols is 1. The van der Waals surface area contributed by atoms with E-state index >= 15 is 4.39 Å². The van der Waals surface area contributed by atoms with Crippen LogP contribution in [-0.4, -0.2) is 61.1 Å². The lowest BCUT2D eigenvalue weighted by Crippen LogP contribution is -2.54. The molecule has 9 nitrogen and oxygen atoms in total. The van der Waals surface area contributed by atoms with Gasteiger partial charge in [-0.3, -0.25) is 9.78 Å². The molecule has 1 aliphatic heterocycles. The zero-order chi connectivity index (χ0) is 29.6. The van der Waals surface area contributed by atoms with E-state index in [9.17, 15) is 14.7 Å². The van der Waals surface area contributed by atoms with E-state index in [-0.39, 0.29) is 40.5 Å². The summed E-state index contributed by atoms with van der Waals surface area (Å²) in [4.78, 5) is 44.0. The van der Waals surface area contributed by atoms with E-state index < -0.39 is 11.5 Å². The number of piperazine rings is 1. The Balaban J connectivity index is 1.83. The van der Waals surface area contributed by atoms with E-state index in [4.69, 9.17) is 4.98 Å². The summed E-state index contributed by atoms with van der Waals surface area (Å²) in [5.41, 5.74) is 1.95. The lowest BCUT2D eigenvalue weighted by molar-refractivity contribution is -0.126. The molecule has 1 aliphatic rings. The molecule has 3 aromatic heterocycles. The molecule has 4 aromatic rings. The first-order chi connectivity index (χ1) is 19.5. The van der Waals surface area contributed by atoms with Gasteiger partial charge in [-0.05, 0) is 78.3 Å². The van der Waals surface area contributed by atoms with Gasteiger partial charge in [0.1, 0.15) is 17.4 Å². The fourth-order valence-corrected chi connectivity index (χ4v) is 6.04. The van der Waals surface area contributed by atoms with Crippen molar-refractivity contribution in [1.29, 1.82) is 0 Å². The summed E-state index contributed by atoms with van der Waals surface area (Å²) in [6.07, 6.45) is 3.00. The number of carbonyl (C=O) groups is 1. The third kappa shape index (κ3) is 5.07. The number of aryl methyl sites for hydroxylation is 1. The van der Waals surface area contributed by atoms with Gasteiger partial charge in [0.05, 0.1) is 28.0 Å². The Hall–Kier alpha value is -3.87. The van der Waals surface area contributed by atoms with Gasteiger partial charge in [-0.1, -0.05) is 26.5 Å². The number of fused-ring (bicyclic) bond motifs is 1. The lowest BCUT2D eigenvalue weighted by Gasteiger charge is -2.40. The second kappa shape index (κ2) is 11.2. The van der Waals surface area contributed by atoms with E-state index in [2.05, 4.69) is 39.1 Å². The second-order valence-corrected chi connectivity index (χ2v) is 11.6. The van der Waals surface area contributed by atoms with Crippen LogP contribution in [0, 0.1) is 16.3 Å². The van der Waals surface area contributed by atoms with Crippen LogP contribution in [0.1, 0.15) is 37.9 Å². The Kier molecular flexibility index (Phi) is 7.82. The Morgan fingerprint density at radius 2 is 2.00 bits per heavy atom. The van der Waals surface area contributed by atoms with Gasteiger partial charge in [0.25, 0.3) is 0 Å². The minimum atomic E-state index is -0.630. The van der Waals surface area contributed by atoms with Crippen molar-refractivity contribution in [3.05, 3.63) is 80.3 Å². The summed E-state index contributed by atoms with van der Waals surface area (Å²) in [6, 6.07) is 7.57. The summed E-state index contributed by atoms with van der Waals surface area (Å²) < 4.78 is 17.1. The van der Waals surface area contributed by atoms with Crippen LogP contribution < -0.4 is 10.6 Å². The highest BCUT2D eigenvalue weighted by Crippen LogP contribution is 2.37. The molecule has 1 amide bonds. The Labute approximate surface area is 250 Å². The van der Waals surface area contributed by atoms with Gasteiger partial charge >= 0.3 is 5.69 Å². The quantitative estimate of drug-likeness (QED) is 0.237. The van der Waals surface area contributed by atoms with Crippen LogP contribution in [0.4, 0.5) is 10.2 Å². The first-order valence-electron chi connectivity index (χ1n) is 13.3. The number of hydrogen-bond acceptors (Lipinski definition) is 7. The van der Waals surface area contributed by atoms with E-state index in [1.54, 1.807) is 11.1 Å². The van der Waals surface area contributed by atoms with Crippen molar-refractivity contribution in [2.75, 3.05) is 24.5 Å². The maximum atomic E-state index is 15.1. The maximum Gasteiger partial charge on any atom is 0.355 e. The summed E-state index contributed by atoms with van der Waals surface area (Å²) >= 11 is 2.06. The molecule has 1 N–H and O–H groups in total. The van der Waals surface area contributed by atoms with E-state index in [0.29, 0.717) is 45.8 Å². The molecular formula is C30H30FIN6O3. The second-order valence-electron chi connectivity index (χ2n) is 10.4. The van der Waals surface area contributed by atoms with Gasteiger partial charge in [-0.2, -0.15) is 4.98 Å². The van der Waals surface area contributed by atoms with Crippen LogP contribution >= 0.6 is 22.6 Å². The predicted octanol–water partition coefficient (Wildman–Crippen LogP) is 4.95. The van der Waals surface area contributed by atoms with Crippen LogP contribution in [0.15, 0.2) is 54.0 Å². The number of phenolic OH excluding ortho intramolecular Hbond substituents is 1. The van der Waals surface area contributed by atoms with Crippen LogP contribution in [0.3, 0.4) is 0 Å². The molecule has 41 heavy (non-hydrogen) atoms. The molecule has 0 radical (unpaired) electrons. The van der Waals surface area contributed by atoms with Gasteiger partial charge in [0.15, 0.2) is 5.65 Å². The van der Waals surface area contributed by atoms with Gasteiger partial charge in [-0.15, -0.1) is 0 Å². The largest absolute Gasteiger partial charge is 0.507 e. The number of hydrogen-bond donors (Lipinski definition) is 1. The highest BCUT2D eigenvalue weighted by atomic mass is 131. The molecule has 1 fully saturated rings. The predicted molar refractivity (Wildman–Crippen MR) is 165 cm³/mol. The van der Waals surface area contributed by atoms with E-state index in [1.807, 2.05) is 44.7 Å². The van der Waals surface area contributed by atoms with Gasteiger partial charge in [0, 0.05) is 35.4 Å². The Morgan fingerprint density at radius 3 is 2.66 bits per heavy atom. The van der Waals surface area contributed by atoms with Gasteiger partial charge < -0.3 is 14.9 Å². The van der Waals surface area contributed by atoms with Crippen molar-refractivity contribution in [3.63, 3.8) is 0 Å². The van der Waals surface area contributed by atoms with Crippen LogP contribution in [0.25, 0.3) is 28.0 Å². The summed E-state index contributed by atoms with van der Waals surface area (Å²) in [5.74, 6) is -0.615. The topological polar surface area (TPSA) is 104 Å². The number of nitrogens with zero attached hydrogens (tertiary/aromatic N) is 6. The first-order valence-corrected chi connectivity index (χ1v) is 14.4. The summed E-state index contributed by atoms with van der Waals surface area (Å²) in [6.45, 7) is 12.7. The van der Waals surface area contributed by atoms with Gasteiger partial charge in [-0.25, -0.2) is 18.7 Å². The monoisotopic (exact) mass is 672 g/mol. The van der Waals surface area contributed by atoms with Crippen molar-refractivity contribution in [2.24, 2.45) is 0 Å². The van der Waals surface area contributed by atoms with Crippen molar-refractivity contribution in [2.45, 2.75) is 39.7 Å². The van der Waals surface area contributed by atoms with Crippen LogP contribution in [0.2, 0.25) is 0 Å². The minimum absolute atomic E-state index is 0.0130. The number of aromatic nitrogens is 4. The molecule has 11 heteroatoms. The fraction of sp³-hybridized carbons (Fsp3) is 0.300. The first kappa shape index (κ1) is 28.7. The highest BCUT2D eigenvalue weighted by molar-refractivity contribution is 14.1. The average molecular weight is 673 g/mol. The standard InChI is InChI=1S/C30H30FIN6O3/c1-6-23(40)36-12-13-37(18(5)15-36)28-19-14-21(32)26(24-20(31)8-7-9-22(24)39)34-29(19)38(30(41)35-28)27-17(4)10-11-33-25(27)16(2)3/h6-11,14,16,18,39H,1,12-13,15H2,2-5H3/t18-/m0/s1/i32+4. The van der Waals surface area contributed by atoms with E-state index in [1.165, 1.54) is 28.8 Å². The van der Waals surface area contributed by atoms with Gasteiger partial charge in [0.2, 0.25) is 5.91 Å². The average Bonchev–Trinajstić information content (AvgIpc) is 2.93. The number of amides is 1. The zero-order valence-corrected chi connectivity index (χ0v) is 25.4. The molecule has 1 saturated heterocycles. The molecule has 4 heterocycles. The Morgan fingerprint density at radius 1 is 1.24 bits per heavy atom. The number of benzene rings is 1. The molecule has 1 aromatic carbocycles. The van der Waals surface area contributed by atoms with Crippen molar-refractivity contribution in [1.82, 2.24) is 24.4 Å². The SMILES string of the molecule is C=CC(=O)N1CCN(c2nc(=O)n(-c3c(C)ccnc3C(C)C)c3nc(-c4c(O)cccc4F)c([131I])cc23)[C@@H](C)C1. The highest BCUT2D eigenvalue weighted by Gasteiger charge is 2.30. The molecule has 0 saturated carbocycles. The van der Waals surface area contributed by atoms with Crippen molar-refractivity contribution >= 4 is 45.3 Å². The normalized spacial score (nSPS) is 15.5. The summed E-state index contributed by atoms with van der Waals surface area (Å²) in [7, 11) is 0. The molecule has 0 bridgehead atoms. The number of aromatic hydroxyl groups is 1. The number of anilines is 1. The number of rotatable bonds is 5. The molecule has 212 valence electrons. The molecule has 5 rings (SSSR count). The maximum absolute atomic E-state index is 15.1. The van der Waals surface area contributed by atoms with Crippen molar-refractivity contribution in [3.8, 4) is 22.7 Å². The summed E-state index contributed by atoms with van der Waals surface area (Å²) in [5, 5.41) is 11.2.